The lowest BCUT2D eigenvalue weighted by molar-refractivity contribution is -0.0661. The average molecular weight is 427 g/mol. The third kappa shape index (κ3) is 4.35. The first-order valence-corrected chi connectivity index (χ1v) is 10.1. The number of carbonyl (C=O) groups is 1. The Labute approximate surface area is 173 Å². The molecule has 9 nitrogen and oxygen atoms in total. The van der Waals surface area contributed by atoms with Gasteiger partial charge >= 0.3 is 6.09 Å². The first-order valence-electron chi connectivity index (χ1n) is 10.1. The SMILES string of the molecule is NCC(O)NC[C@H]1CN(c2cc(F)c(N3CCN(C4COC4)CC3)c(F)c2)C(=O)O1. The lowest BCUT2D eigenvalue weighted by atomic mass is 10.1. The van der Waals surface area contributed by atoms with E-state index in [4.69, 9.17) is 15.2 Å². The topological polar surface area (TPSA) is 104 Å². The summed E-state index contributed by atoms with van der Waals surface area (Å²) in [7, 11) is 0. The molecule has 3 heterocycles. The minimum Gasteiger partial charge on any atom is -0.443 e. The van der Waals surface area contributed by atoms with Crippen molar-refractivity contribution < 1.29 is 28.2 Å². The minimum absolute atomic E-state index is 0.0188. The molecule has 11 heteroatoms. The number of ether oxygens (including phenoxy) is 2. The molecule has 1 unspecified atom stereocenters. The van der Waals surface area contributed by atoms with Crippen LogP contribution in [0.1, 0.15) is 0 Å². The number of hydrogen-bond donors (Lipinski definition) is 3. The molecule has 0 aromatic heterocycles. The Hall–Kier alpha value is -2.05. The summed E-state index contributed by atoms with van der Waals surface area (Å²) in [6.45, 7) is 4.22. The number of amides is 1. The lowest BCUT2D eigenvalue weighted by Crippen LogP contribution is -2.56. The fourth-order valence-electron chi connectivity index (χ4n) is 3.94. The number of nitrogens with one attached hydrogen (secondary N) is 1. The Morgan fingerprint density at radius 2 is 1.87 bits per heavy atom. The van der Waals surface area contributed by atoms with Gasteiger partial charge in [0.2, 0.25) is 0 Å². The highest BCUT2D eigenvalue weighted by molar-refractivity contribution is 5.90. The van der Waals surface area contributed by atoms with E-state index in [2.05, 4.69) is 10.2 Å². The highest BCUT2D eigenvalue weighted by Gasteiger charge is 2.35. The smallest absolute Gasteiger partial charge is 0.414 e. The second kappa shape index (κ2) is 8.98. The van der Waals surface area contributed by atoms with E-state index in [0.717, 1.165) is 25.2 Å². The number of benzene rings is 1. The van der Waals surface area contributed by atoms with E-state index in [1.165, 1.54) is 4.90 Å². The van der Waals surface area contributed by atoms with E-state index in [0.29, 0.717) is 32.3 Å². The maximum atomic E-state index is 14.9. The van der Waals surface area contributed by atoms with Crippen LogP contribution in [-0.4, -0.2) is 93.5 Å². The Balaban J connectivity index is 1.41. The van der Waals surface area contributed by atoms with Crippen LogP contribution in [0.3, 0.4) is 0 Å². The summed E-state index contributed by atoms with van der Waals surface area (Å²) in [4.78, 5) is 17.3. The Bertz CT molecular complexity index is 750. The van der Waals surface area contributed by atoms with Gasteiger partial charge < -0.3 is 25.2 Å². The molecule has 3 aliphatic heterocycles. The summed E-state index contributed by atoms with van der Waals surface area (Å²) in [6.07, 6.45) is -2.16. The zero-order chi connectivity index (χ0) is 21.3. The molecule has 0 aliphatic carbocycles. The normalized spacial score (nSPS) is 24.1. The second-order valence-corrected chi connectivity index (χ2v) is 7.75. The van der Waals surface area contributed by atoms with Crippen LogP contribution in [0.15, 0.2) is 12.1 Å². The van der Waals surface area contributed by atoms with Crippen molar-refractivity contribution in [2.24, 2.45) is 5.73 Å². The number of nitrogens with two attached hydrogens (primary N) is 1. The van der Waals surface area contributed by atoms with Crippen molar-refractivity contribution in [3.63, 3.8) is 0 Å². The van der Waals surface area contributed by atoms with Crippen LogP contribution in [0.25, 0.3) is 0 Å². The summed E-state index contributed by atoms with van der Waals surface area (Å²) in [5, 5.41) is 12.2. The monoisotopic (exact) mass is 427 g/mol. The minimum atomic E-state index is -0.913. The van der Waals surface area contributed by atoms with Crippen molar-refractivity contribution in [2.45, 2.75) is 18.4 Å². The molecule has 3 aliphatic rings. The molecule has 0 radical (unpaired) electrons. The van der Waals surface area contributed by atoms with Gasteiger partial charge in [0.1, 0.15) is 18.0 Å². The number of halogens is 2. The fraction of sp³-hybridized carbons (Fsp3) is 0.632. The number of anilines is 2. The maximum absolute atomic E-state index is 14.9. The van der Waals surface area contributed by atoms with E-state index < -0.39 is 30.1 Å². The zero-order valence-corrected chi connectivity index (χ0v) is 16.6. The number of nitrogens with zero attached hydrogens (tertiary/aromatic N) is 3. The van der Waals surface area contributed by atoms with Crippen molar-refractivity contribution in [1.82, 2.24) is 10.2 Å². The highest BCUT2D eigenvalue weighted by Crippen LogP contribution is 2.31. The molecule has 0 spiro atoms. The number of carbonyl (C=O) groups excluding carboxylic acids is 1. The van der Waals surface area contributed by atoms with E-state index >= 15 is 0 Å². The van der Waals surface area contributed by atoms with Gasteiger partial charge in [-0.15, -0.1) is 0 Å². The third-order valence-corrected chi connectivity index (χ3v) is 5.76. The highest BCUT2D eigenvalue weighted by atomic mass is 19.1. The van der Waals surface area contributed by atoms with Gasteiger partial charge in [-0.25, -0.2) is 13.6 Å². The quantitative estimate of drug-likeness (QED) is 0.509. The molecular formula is C19H27F2N5O4. The number of aliphatic hydroxyl groups excluding tert-OH is 1. The van der Waals surface area contributed by atoms with Crippen molar-refractivity contribution in [2.75, 3.05) is 68.8 Å². The molecule has 166 valence electrons. The van der Waals surface area contributed by atoms with Crippen LogP contribution < -0.4 is 20.9 Å². The van der Waals surface area contributed by atoms with Crippen LogP contribution in [0.2, 0.25) is 0 Å². The Morgan fingerprint density at radius 3 is 2.43 bits per heavy atom. The predicted octanol–water partition coefficient (Wildman–Crippen LogP) is -0.322. The molecule has 3 saturated heterocycles. The van der Waals surface area contributed by atoms with E-state index in [9.17, 15) is 18.7 Å². The molecule has 1 aromatic rings. The van der Waals surface area contributed by atoms with Crippen LogP contribution in [0.4, 0.5) is 25.0 Å². The molecule has 1 aromatic carbocycles. The first kappa shape index (κ1) is 21.2. The van der Waals surface area contributed by atoms with Gasteiger partial charge in [0.15, 0.2) is 11.6 Å². The van der Waals surface area contributed by atoms with E-state index in [-0.39, 0.29) is 31.0 Å². The predicted molar refractivity (Wildman–Crippen MR) is 105 cm³/mol. The van der Waals surface area contributed by atoms with Gasteiger partial charge in [-0.3, -0.25) is 15.1 Å². The molecule has 4 rings (SSSR count). The Kier molecular flexibility index (Phi) is 6.34. The number of cyclic esters (lactones) is 1. The van der Waals surface area contributed by atoms with Crippen LogP contribution in [0.5, 0.6) is 0 Å². The fourth-order valence-corrected chi connectivity index (χ4v) is 3.94. The number of aliphatic hydroxyl groups is 1. The van der Waals surface area contributed by atoms with Gasteiger partial charge in [0.05, 0.1) is 31.5 Å². The summed E-state index contributed by atoms with van der Waals surface area (Å²) in [6, 6.07) is 2.73. The van der Waals surface area contributed by atoms with Crippen LogP contribution in [-0.2, 0) is 9.47 Å². The largest absolute Gasteiger partial charge is 0.443 e. The summed E-state index contributed by atoms with van der Waals surface area (Å²) in [5.41, 5.74) is 5.35. The molecule has 30 heavy (non-hydrogen) atoms. The summed E-state index contributed by atoms with van der Waals surface area (Å²) >= 11 is 0. The van der Waals surface area contributed by atoms with Crippen molar-refractivity contribution in [1.29, 1.82) is 0 Å². The molecule has 3 fully saturated rings. The second-order valence-electron chi connectivity index (χ2n) is 7.75. The molecular weight excluding hydrogens is 400 g/mol. The van der Waals surface area contributed by atoms with Crippen LogP contribution in [0, 0.1) is 11.6 Å². The van der Waals surface area contributed by atoms with E-state index in [1.807, 2.05) is 0 Å². The van der Waals surface area contributed by atoms with Crippen molar-refractivity contribution in [3.05, 3.63) is 23.8 Å². The number of rotatable bonds is 7. The van der Waals surface area contributed by atoms with Gasteiger partial charge in [0, 0.05) is 51.4 Å². The Morgan fingerprint density at radius 1 is 1.20 bits per heavy atom. The number of hydrogen-bond acceptors (Lipinski definition) is 8. The standard InChI is InChI=1S/C19H27F2N5O4/c20-15-5-12(26-9-14(30-19(26)28)8-23-17(27)7-22)6-16(21)18(15)25-3-1-24(2-4-25)13-10-29-11-13/h5-6,13-14,17,23,27H,1-4,7-11,22H2/t14-,17?/m0/s1. The number of piperazine rings is 1. The molecule has 0 bridgehead atoms. The average Bonchev–Trinajstić information content (AvgIpc) is 3.06. The van der Waals surface area contributed by atoms with Gasteiger partial charge in [-0.1, -0.05) is 0 Å². The summed E-state index contributed by atoms with van der Waals surface area (Å²) < 4.78 is 40.1. The molecule has 4 N–H and O–H groups in total. The summed E-state index contributed by atoms with van der Waals surface area (Å²) in [5.74, 6) is -1.42. The van der Waals surface area contributed by atoms with Crippen molar-refractivity contribution in [3.8, 4) is 0 Å². The van der Waals surface area contributed by atoms with Crippen molar-refractivity contribution >= 4 is 17.5 Å². The van der Waals surface area contributed by atoms with Gasteiger partial charge in [-0.05, 0) is 0 Å². The first-order chi connectivity index (χ1) is 14.5. The van der Waals surface area contributed by atoms with Gasteiger partial charge in [0.25, 0.3) is 0 Å². The maximum Gasteiger partial charge on any atom is 0.414 e. The molecule has 1 amide bonds. The zero-order valence-electron chi connectivity index (χ0n) is 16.6. The molecule has 0 saturated carbocycles. The molecule has 2 atom stereocenters. The van der Waals surface area contributed by atoms with Crippen LogP contribution >= 0.6 is 0 Å². The van der Waals surface area contributed by atoms with Gasteiger partial charge in [-0.2, -0.15) is 0 Å². The lowest BCUT2D eigenvalue weighted by Gasteiger charge is -2.43. The van der Waals surface area contributed by atoms with E-state index in [1.54, 1.807) is 4.90 Å². The third-order valence-electron chi connectivity index (χ3n) is 5.76.